The largest absolute Gasteiger partial charge is 0.483 e. The molecule has 88 valence electrons. The molecule has 4 N–H and O–H groups in total. The minimum atomic E-state index is -1.67. The van der Waals surface area contributed by atoms with Gasteiger partial charge in [0.15, 0.2) is 0 Å². The van der Waals surface area contributed by atoms with Crippen molar-refractivity contribution in [1.82, 2.24) is 0 Å². The van der Waals surface area contributed by atoms with E-state index >= 15 is 0 Å². The molecule has 0 fully saturated rings. The maximum atomic E-state index is 5.49. The Kier molecular flexibility index (Phi) is 13.0. The van der Waals surface area contributed by atoms with Gasteiger partial charge in [0.1, 0.15) is 0 Å². The fraction of sp³-hybridized carbons (Fsp3) is 1.00. The first kappa shape index (κ1) is 16.4. The highest BCUT2D eigenvalue weighted by atomic mass is 28.3. The molecule has 0 heterocycles. The third-order valence-electron chi connectivity index (χ3n) is 1.72. The number of hydrogen-bond acceptors (Lipinski definition) is 5. The average Bonchev–Trinajstić information content (AvgIpc) is 2.20. The van der Waals surface area contributed by atoms with E-state index in [0.717, 1.165) is 6.42 Å². The maximum Gasteiger partial charge on any atom is 0.483 e. The zero-order valence-corrected chi connectivity index (χ0v) is 11.0. The molecule has 0 spiro atoms. The fourth-order valence-electron chi connectivity index (χ4n) is 0.660. The Bertz CT molecular complexity index is 104. The molecule has 0 saturated carbocycles. The van der Waals surface area contributed by atoms with Gasteiger partial charge in [-0.1, -0.05) is 6.92 Å². The van der Waals surface area contributed by atoms with Gasteiger partial charge in [0.25, 0.3) is 0 Å². The summed E-state index contributed by atoms with van der Waals surface area (Å²) >= 11 is 0. The maximum absolute atomic E-state index is 5.49. The average molecular weight is 224 g/mol. The smallest absolute Gasteiger partial charge is 0.379 e. The van der Waals surface area contributed by atoms with Crippen LogP contribution >= 0.6 is 0 Å². The van der Waals surface area contributed by atoms with Crippen LogP contribution in [0.2, 0.25) is 0 Å². The Balaban J connectivity index is 0. The van der Waals surface area contributed by atoms with Crippen molar-refractivity contribution in [1.29, 1.82) is 0 Å². The predicted octanol–water partition coefficient (Wildman–Crippen LogP) is -0.286. The van der Waals surface area contributed by atoms with Crippen molar-refractivity contribution >= 4 is 9.53 Å². The second-order valence-corrected chi connectivity index (χ2v) is 4.92. The highest BCUT2D eigenvalue weighted by Crippen LogP contribution is 1.88. The molecule has 0 aromatic carbocycles. The summed E-state index contributed by atoms with van der Waals surface area (Å²) in [4.78, 5) is 0. The zero-order chi connectivity index (χ0) is 11.6. The molecule has 0 amide bonds. The molecule has 0 aromatic heterocycles. The molecule has 0 radical (unpaired) electrons. The molecule has 6 heteroatoms. The van der Waals surface area contributed by atoms with E-state index in [9.17, 15) is 0 Å². The molecule has 0 aliphatic carbocycles. The molecule has 5 nitrogen and oxygen atoms in total. The van der Waals surface area contributed by atoms with Gasteiger partial charge >= 0.3 is 9.53 Å². The van der Waals surface area contributed by atoms with Crippen LogP contribution in [0.5, 0.6) is 0 Å². The van der Waals surface area contributed by atoms with Gasteiger partial charge in [-0.15, -0.1) is 0 Å². The summed E-state index contributed by atoms with van der Waals surface area (Å²) in [6, 6.07) is 0.324. The summed E-state index contributed by atoms with van der Waals surface area (Å²) in [5, 5.41) is 0. The lowest BCUT2D eigenvalue weighted by molar-refractivity contribution is 0.163. The summed E-state index contributed by atoms with van der Waals surface area (Å²) in [6.07, 6.45) is 0.970. The minimum Gasteiger partial charge on any atom is -0.379 e. The molecule has 0 saturated heterocycles. The van der Waals surface area contributed by atoms with Crippen LogP contribution in [0, 0.1) is 0 Å². The highest BCUT2D eigenvalue weighted by molar-refractivity contribution is 6.36. The number of nitrogens with two attached hydrogens (primary N) is 2. The van der Waals surface area contributed by atoms with E-state index in [2.05, 4.69) is 0 Å². The van der Waals surface area contributed by atoms with E-state index in [1.807, 2.05) is 13.8 Å². The lowest BCUT2D eigenvalue weighted by Crippen LogP contribution is -2.38. The zero-order valence-electron chi connectivity index (χ0n) is 9.82. The van der Waals surface area contributed by atoms with E-state index in [1.165, 1.54) is 0 Å². The molecular weight excluding hydrogens is 200 g/mol. The molecule has 0 aromatic rings. The molecule has 2 unspecified atom stereocenters. The van der Waals surface area contributed by atoms with Gasteiger partial charge < -0.3 is 24.7 Å². The SMILES string of the molecule is CCC(N)C(C)N.CO[SiH](OC)OC. The van der Waals surface area contributed by atoms with Crippen LogP contribution in [0.25, 0.3) is 0 Å². The van der Waals surface area contributed by atoms with Gasteiger partial charge in [-0.2, -0.15) is 0 Å². The topological polar surface area (TPSA) is 79.7 Å². The van der Waals surface area contributed by atoms with Crippen molar-refractivity contribution < 1.29 is 13.3 Å². The van der Waals surface area contributed by atoms with Gasteiger partial charge in [-0.3, -0.25) is 0 Å². The lowest BCUT2D eigenvalue weighted by Gasteiger charge is -2.11. The molecule has 2 atom stereocenters. The second kappa shape index (κ2) is 11.1. The molecule has 0 aliphatic rings. The fourth-order valence-corrected chi connectivity index (χ4v) is 1.24. The van der Waals surface area contributed by atoms with Crippen molar-refractivity contribution in [2.45, 2.75) is 32.4 Å². The second-order valence-electron chi connectivity index (χ2n) is 2.93. The van der Waals surface area contributed by atoms with Crippen LogP contribution in [-0.2, 0) is 13.3 Å². The van der Waals surface area contributed by atoms with Crippen LogP contribution in [0.4, 0.5) is 0 Å². The van der Waals surface area contributed by atoms with Gasteiger partial charge in [0, 0.05) is 33.4 Å². The molecule has 0 rings (SSSR count). The van der Waals surface area contributed by atoms with Gasteiger partial charge in [0.05, 0.1) is 0 Å². The standard InChI is InChI=1S/C5H14N2.C3H10O3Si/c1-3-5(7)4(2)6;1-4-7(5-2)6-3/h4-5H,3,6-7H2,1-2H3;7H,1-3H3. The van der Waals surface area contributed by atoms with Crippen LogP contribution in [0.1, 0.15) is 20.3 Å². The predicted molar refractivity (Wildman–Crippen MR) is 60.1 cm³/mol. The highest BCUT2D eigenvalue weighted by Gasteiger charge is 2.05. The first-order valence-electron chi connectivity index (χ1n) is 4.62. The summed E-state index contributed by atoms with van der Waals surface area (Å²) in [5.74, 6) is 0. The van der Waals surface area contributed by atoms with Crippen LogP contribution in [0.3, 0.4) is 0 Å². The van der Waals surface area contributed by atoms with Crippen LogP contribution in [-0.4, -0.2) is 42.9 Å². The van der Waals surface area contributed by atoms with Crippen molar-refractivity contribution in [3.8, 4) is 0 Å². The summed E-state index contributed by atoms with van der Waals surface area (Å²) in [5.41, 5.74) is 10.9. The van der Waals surface area contributed by atoms with Crippen molar-refractivity contribution in [2.24, 2.45) is 11.5 Å². The van der Waals surface area contributed by atoms with Crippen molar-refractivity contribution in [3.05, 3.63) is 0 Å². The van der Waals surface area contributed by atoms with Crippen molar-refractivity contribution in [2.75, 3.05) is 21.3 Å². The Morgan fingerprint density at radius 1 is 1.07 bits per heavy atom. The van der Waals surface area contributed by atoms with Gasteiger partial charge in [-0.25, -0.2) is 0 Å². The summed E-state index contributed by atoms with van der Waals surface area (Å²) < 4.78 is 14.2. The van der Waals surface area contributed by atoms with Gasteiger partial charge in [-0.05, 0) is 13.3 Å². The van der Waals surface area contributed by atoms with Crippen LogP contribution < -0.4 is 11.5 Å². The van der Waals surface area contributed by atoms with E-state index < -0.39 is 9.53 Å². The quantitative estimate of drug-likeness (QED) is 0.628. The number of rotatable bonds is 5. The van der Waals surface area contributed by atoms with Crippen molar-refractivity contribution in [3.63, 3.8) is 0 Å². The van der Waals surface area contributed by atoms with Gasteiger partial charge in [0.2, 0.25) is 0 Å². The number of hydrogen-bond donors (Lipinski definition) is 2. The monoisotopic (exact) mass is 224 g/mol. The summed E-state index contributed by atoms with van der Waals surface area (Å²) in [7, 11) is 3.05. The van der Waals surface area contributed by atoms with E-state index in [0.29, 0.717) is 0 Å². The molecule has 0 aliphatic heterocycles. The Labute approximate surface area is 88.7 Å². The first-order valence-corrected chi connectivity index (χ1v) is 6.04. The van der Waals surface area contributed by atoms with E-state index in [-0.39, 0.29) is 12.1 Å². The Hall–Kier alpha value is 0.0169. The summed E-state index contributed by atoms with van der Waals surface area (Å²) in [6.45, 7) is 3.96. The normalized spacial score (nSPS) is 14.6. The Morgan fingerprint density at radius 3 is 1.43 bits per heavy atom. The van der Waals surface area contributed by atoms with Crippen LogP contribution in [0.15, 0.2) is 0 Å². The lowest BCUT2D eigenvalue weighted by atomic mass is 10.1. The Morgan fingerprint density at radius 2 is 1.43 bits per heavy atom. The minimum absolute atomic E-state index is 0.144. The third-order valence-corrected chi connectivity index (χ3v) is 2.88. The third kappa shape index (κ3) is 10.1. The first-order chi connectivity index (χ1) is 6.53. The van der Waals surface area contributed by atoms with E-state index in [4.69, 9.17) is 24.7 Å². The van der Waals surface area contributed by atoms with E-state index in [1.54, 1.807) is 21.3 Å². The molecule has 0 bridgehead atoms. The molecule has 14 heavy (non-hydrogen) atoms. The molecular formula is C8H24N2O3Si.